The van der Waals surface area contributed by atoms with Crippen molar-refractivity contribution in [3.63, 3.8) is 0 Å². The Balaban J connectivity index is 0.00000147. The van der Waals surface area contributed by atoms with Crippen LogP contribution in [-0.2, 0) is 9.53 Å². The Morgan fingerprint density at radius 3 is 2.60 bits per heavy atom. The quantitative estimate of drug-likeness (QED) is 0.843. The largest absolute Gasteiger partial charge is 0.381 e. The van der Waals surface area contributed by atoms with Crippen LogP contribution in [0.25, 0.3) is 0 Å². The van der Waals surface area contributed by atoms with Gasteiger partial charge in [-0.05, 0) is 44.6 Å². The maximum atomic E-state index is 12.8. The number of hydrogen-bond donors (Lipinski definition) is 1. The average Bonchev–Trinajstić information content (AvgIpc) is 2.95. The molecule has 4 nitrogen and oxygen atoms in total. The van der Waals surface area contributed by atoms with Crippen molar-refractivity contribution in [1.82, 2.24) is 4.90 Å². The Morgan fingerprint density at radius 2 is 2.00 bits per heavy atom. The van der Waals surface area contributed by atoms with E-state index in [0.29, 0.717) is 30.3 Å². The lowest BCUT2D eigenvalue weighted by Crippen LogP contribution is -2.43. The summed E-state index contributed by atoms with van der Waals surface area (Å²) < 4.78 is 5.45. The summed E-state index contributed by atoms with van der Waals surface area (Å²) in [7, 11) is 0. The Bertz CT molecular complexity index is 330. The van der Waals surface area contributed by atoms with Gasteiger partial charge in [0.05, 0.1) is 6.61 Å². The van der Waals surface area contributed by atoms with E-state index in [9.17, 15) is 4.79 Å². The second kappa shape index (κ2) is 7.10. The van der Waals surface area contributed by atoms with Gasteiger partial charge in [-0.2, -0.15) is 0 Å². The first kappa shape index (κ1) is 16.1. The number of rotatable bonds is 5. The minimum absolute atomic E-state index is 0. The summed E-state index contributed by atoms with van der Waals surface area (Å²) in [5.74, 6) is 1.58. The number of nitrogens with zero attached hydrogens (tertiary/aromatic N) is 1. The molecule has 116 valence electrons. The molecule has 3 rings (SSSR count). The number of halogens is 1. The molecule has 20 heavy (non-hydrogen) atoms. The van der Waals surface area contributed by atoms with E-state index in [2.05, 4.69) is 4.90 Å². The monoisotopic (exact) mass is 302 g/mol. The predicted octanol–water partition coefficient (Wildman–Crippen LogP) is 1.81. The number of amides is 1. The van der Waals surface area contributed by atoms with Crippen LogP contribution in [0.15, 0.2) is 0 Å². The van der Waals surface area contributed by atoms with Crippen LogP contribution in [0.5, 0.6) is 0 Å². The molecule has 0 bridgehead atoms. The number of carbonyl (C=O) groups excluding carboxylic acids is 1. The summed E-state index contributed by atoms with van der Waals surface area (Å²) in [6.45, 7) is 3.28. The van der Waals surface area contributed by atoms with E-state index in [1.165, 1.54) is 19.3 Å². The second-order valence-corrected chi connectivity index (χ2v) is 6.48. The number of hydrogen-bond acceptors (Lipinski definition) is 3. The van der Waals surface area contributed by atoms with Gasteiger partial charge in [0, 0.05) is 31.0 Å². The fraction of sp³-hybridized carbons (Fsp3) is 0.933. The third-order valence-electron chi connectivity index (χ3n) is 5.03. The summed E-state index contributed by atoms with van der Waals surface area (Å²) >= 11 is 0. The number of carbonyl (C=O) groups is 1. The lowest BCUT2D eigenvalue weighted by Gasteiger charge is -2.30. The summed E-state index contributed by atoms with van der Waals surface area (Å²) in [5.41, 5.74) is 5.83. The van der Waals surface area contributed by atoms with Gasteiger partial charge in [-0.3, -0.25) is 4.79 Å². The standard InChI is InChI=1S/C15H26N2O2.ClH/c16-8-12-2-1-3-14(12)15(18)17(13-4-5-13)9-11-6-7-19-10-11;/h11-14H,1-10,16H2;1H/t11?,12-,14-;/m1./s1. The summed E-state index contributed by atoms with van der Waals surface area (Å²) in [4.78, 5) is 15.0. The summed E-state index contributed by atoms with van der Waals surface area (Å²) in [5, 5.41) is 0. The van der Waals surface area contributed by atoms with E-state index in [0.717, 1.165) is 39.0 Å². The highest BCUT2D eigenvalue weighted by Crippen LogP contribution is 2.36. The van der Waals surface area contributed by atoms with Crippen molar-refractivity contribution in [1.29, 1.82) is 0 Å². The zero-order chi connectivity index (χ0) is 13.2. The molecule has 1 unspecified atom stereocenters. The second-order valence-electron chi connectivity index (χ2n) is 6.48. The highest BCUT2D eigenvalue weighted by Gasteiger charge is 2.41. The molecule has 0 aromatic rings. The fourth-order valence-electron chi connectivity index (χ4n) is 3.67. The van der Waals surface area contributed by atoms with Crippen LogP contribution in [-0.4, -0.2) is 43.2 Å². The average molecular weight is 303 g/mol. The van der Waals surface area contributed by atoms with E-state index in [1.54, 1.807) is 0 Å². The van der Waals surface area contributed by atoms with Gasteiger partial charge in [-0.1, -0.05) is 6.42 Å². The fourth-order valence-corrected chi connectivity index (χ4v) is 3.67. The van der Waals surface area contributed by atoms with Gasteiger partial charge >= 0.3 is 0 Å². The van der Waals surface area contributed by atoms with Crippen LogP contribution in [0.3, 0.4) is 0 Å². The number of ether oxygens (including phenoxy) is 1. The van der Waals surface area contributed by atoms with Crippen molar-refractivity contribution in [2.24, 2.45) is 23.5 Å². The molecule has 2 saturated carbocycles. The van der Waals surface area contributed by atoms with Crippen LogP contribution in [0, 0.1) is 17.8 Å². The first-order valence-electron chi connectivity index (χ1n) is 7.88. The predicted molar refractivity (Wildman–Crippen MR) is 80.8 cm³/mol. The van der Waals surface area contributed by atoms with Crippen molar-refractivity contribution in [3.8, 4) is 0 Å². The topological polar surface area (TPSA) is 55.6 Å². The van der Waals surface area contributed by atoms with Crippen molar-refractivity contribution < 1.29 is 9.53 Å². The van der Waals surface area contributed by atoms with Gasteiger partial charge < -0.3 is 15.4 Å². The van der Waals surface area contributed by atoms with E-state index in [1.807, 2.05) is 0 Å². The van der Waals surface area contributed by atoms with E-state index >= 15 is 0 Å². The molecule has 3 atom stereocenters. The molecule has 1 aliphatic heterocycles. The molecule has 3 fully saturated rings. The zero-order valence-electron chi connectivity index (χ0n) is 12.1. The third-order valence-corrected chi connectivity index (χ3v) is 5.03. The van der Waals surface area contributed by atoms with Gasteiger partial charge in [0.1, 0.15) is 0 Å². The maximum absolute atomic E-state index is 12.8. The minimum Gasteiger partial charge on any atom is -0.381 e. The lowest BCUT2D eigenvalue weighted by atomic mass is 9.94. The highest BCUT2D eigenvalue weighted by atomic mass is 35.5. The van der Waals surface area contributed by atoms with Gasteiger partial charge in [0.2, 0.25) is 5.91 Å². The van der Waals surface area contributed by atoms with Crippen LogP contribution >= 0.6 is 12.4 Å². The molecule has 2 aliphatic carbocycles. The molecule has 1 saturated heterocycles. The first-order chi connectivity index (χ1) is 9.29. The van der Waals surface area contributed by atoms with Crippen molar-refractivity contribution in [2.45, 2.75) is 44.6 Å². The molecule has 5 heteroatoms. The minimum atomic E-state index is 0. The van der Waals surface area contributed by atoms with Gasteiger partial charge in [0.15, 0.2) is 0 Å². The SMILES string of the molecule is Cl.NC[C@H]1CCC[C@H]1C(=O)N(CC1CCOC1)C1CC1. The van der Waals surface area contributed by atoms with Gasteiger partial charge in [-0.15, -0.1) is 12.4 Å². The molecular formula is C15H27ClN2O2. The summed E-state index contributed by atoms with van der Waals surface area (Å²) in [6, 6.07) is 0.520. The van der Waals surface area contributed by atoms with E-state index in [-0.39, 0.29) is 18.3 Å². The smallest absolute Gasteiger partial charge is 0.226 e. The summed E-state index contributed by atoms with van der Waals surface area (Å²) in [6.07, 6.45) is 6.85. The molecular weight excluding hydrogens is 276 g/mol. The third kappa shape index (κ3) is 3.46. The molecule has 0 aromatic carbocycles. The van der Waals surface area contributed by atoms with Crippen molar-refractivity contribution in [3.05, 3.63) is 0 Å². The molecule has 2 N–H and O–H groups in total. The Morgan fingerprint density at radius 1 is 1.20 bits per heavy atom. The number of nitrogens with two attached hydrogens (primary N) is 1. The Hall–Kier alpha value is -0.320. The first-order valence-corrected chi connectivity index (χ1v) is 7.88. The van der Waals surface area contributed by atoms with Crippen molar-refractivity contribution in [2.75, 3.05) is 26.3 Å². The van der Waals surface area contributed by atoms with Crippen LogP contribution < -0.4 is 5.73 Å². The molecule has 1 heterocycles. The van der Waals surface area contributed by atoms with E-state index < -0.39 is 0 Å². The molecule has 1 amide bonds. The molecule has 0 spiro atoms. The lowest BCUT2D eigenvalue weighted by molar-refractivity contribution is -0.137. The Kier molecular flexibility index (Phi) is 5.70. The van der Waals surface area contributed by atoms with Gasteiger partial charge in [0.25, 0.3) is 0 Å². The Labute approximate surface area is 127 Å². The molecule has 0 radical (unpaired) electrons. The van der Waals surface area contributed by atoms with Crippen molar-refractivity contribution >= 4 is 18.3 Å². The zero-order valence-corrected chi connectivity index (χ0v) is 12.9. The van der Waals surface area contributed by atoms with Crippen LogP contribution in [0.2, 0.25) is 0 Å². The normalized spacial score (nSPS) is 33.0. The molecule has 3 aliphatic rings. The van der Waals surface area contributed by atoms with E-state index in [4.69, 9.17) is 10.5 Å². The highest BCUT2D eigenvalue weighted by molar-refractivity contribution is 5.85. The maximum Gasteiger partial charge on any atom is 0.226 e. The van der Waals surface area contributed by atoms with Gasteiger partial charge in [-0.25, -0.2) is 0 Å². The van der Waals surface area contributed by atoms with Crippen LogP contribution in [0.1, 0.15) is 38.5 Å². The molecule has 0 aromatic heterocycles. The van der Waals surface area contributed by atoms with Crippen LogP contribution in [0.4, 0.5) is 0 Å².